The molecule has 2 rings (SSSR count). The van der Waals surface area contributed by atoms with Crippen LogP contribution in [0, 0.1) is 13.8 Å². The maximum Gasteiger partial charge on any atom is 0.241 e. The van der Waals surface area contributed by atoms with Gasteiger partial charge in [-0.05, 0) is 51.1 Å². The molecule has 0 saturated carbocycles. The van der Waals surface area contributed by atoms with E-state index in [0.717, 1.165) is 16.8 Å². The second-order valence-electron chi connectivity index (χ2n) is 6.50. The van der Waals surface area contributed by atoms with Gasteiger partial charge < -0.3 is 10.6 Å². The maximum absolute atomic E-state index is 12.5. The van der Waals surface area contributed by atoms with Crippen LogP contribution in [0.25, 0.3) is 0 Å². The van der Waals surface area contributed by atoms with Gasteiger partial charge in [0.2, 0.25) is 11.8 Å². The minimum Gasteiger partial charge on any atom is -0.324 e. The Morgan fingerprint density at radius 2 is 1.63 bits per heavy atom. The number of para-hydroxylation sites is 1. The van der Waals surface area contributed by atoms with E-state index in [1.165, 1.54) is 0 Å². The van der Waals surface area contributed by atoms with Crippen LogP contribution < -0.4 is 10.6 Å². The van der Waals surface area contributed by atoms with Crippen molar-refractivity contribution in [2.45, 2.75) is 26.8 Å². The van der Waals surface area contributed by atoms with E-state index in [9.17, 15) is 9.59 Å². The van der Waals surface area contributed by atoms with Crippen LogP contribution in [-0.4, -0.2) is 36.3 Å². The highest BCUT2D eigenvalue weighted by atomic mass is 35.5. The van der Waals surface area contributed by atoms with Crippen molar-refractivity contribution in [3.8, 4) is 0 Å². The molecule has 0 aliphatic rings. The van der Waals surface area contributed by atoms with Crippen LogP contribution in [0.5, 0.6) is 0 Å². The predicted molar refractivity (Wildman–Crippen MR) is 112 cm³/mol. The van der Waals surface area contributed by atoms with Gasteiger partial charge in [-0.2, -0.15) is 0 Å². The fourth-order valence-corrected chi connectivity index (χ4v) is 2.94. The Kier molecular flexibility index (Phi) is 7.25. The van der Waals surface area contributed by atoms with Gasteiger partial charge in [0.15, 0.2) is 0 Å². The Morgan fingerprint density at radius 1 is 1.04 bits per heavy atom. The minimum absolute atomic E-state index is 0.0750. The average molecular weight is 408 g/mol. The molecule has 0 aliphatic heterocycles. The topological polar surface area (TPSA) is 61.4 Å². The van der Waals surface area contributed by atoms with Crippen molar-refractivity contribution >= 4 is 46.4 Å². The summed E-state index contributed by atoms with van der Waals surface area (Å²) in [5.74, 6) is -0.461. The highest BCUT2D eigenvalue weighted by Crippen LogP contribution is 2.29. The van der Waals surface area contributed by atoms with Crippen molar-refractivity contribution in [3.63, 3.8) is 0 Å². The third-order valence-corrected chi connectivity index (χ3v) is 5.21. The highest BCUT2D eigenvalue weighted by Gasteiger charge is 2.21. The first kappa shape index (κ1) is 21.2. The molecule has 0 fully saturated rings. The minimum atomic E-state index is -0.538. The molecular formula is C20H23Cl2N3O2. The molecule has 2 aromatic rings. The van der Waals surface area contributed by atoms with Gasteiger partial charge in [0.05, 0.1) is 28.3 Å². The summed E-state index contributed by atoms with van der Waals surface area (Å²) in [5.41, 5.74) is 3.23. The number of halogens is 2. The van der Waals surface area contributed by atoms with Crippen molar-refractivity contribution in [3.05, 3.63) is 57.6 Å². The number of amides is 2. The molecule has 0 radical (unpaired) electrons. The van der Waals surface area contributed by atoms with Crippen LogP contribution in [0.15, 0.2) is 36.4 Å². The molecule has 27 heavy (non-hydrogen) atoms. The van der Waals surface area contributed by atoms with Crippen molar-refractivity contribution in [1.82, 2.24) is 4.90 Å². The molecule has 0 heterocycles. The van der Waals surface area contributed by atoms with Gasteiger partial charge in [0.25, 0.3) is 0 Å². The first-order valence-corrected chi connectivity index (χ1v) is 9.27. The summed E-state index contributed by atoms with van der Waals surface area (Å²) in [6.45, 7) is 5.68. The van der Waals surface area contributed by atoms with Crippen molar-refractivity contribution in [2.75, 3.05) is 24.2 Å². The van der Waals surface area contributed by atoms with E-state index >= 15 is 0 Å². The Balaban J connectivity index is 1.98. The molecule has 0 saturated heterocycles. The molecule has 0 aromatic heterocycles. The number of nitrogens with one attached hydrogen (secondary N) is 2. The number of hydrogen-bond donors (Lipinski definition) is 2. The van der Waals surface area contributed by atoms with Crippen LogP contribution in [0.1, 0.15) is 18.1 Å². The van der Waals surface area contributed by atoms with E-state index in [2.05, 4.69) is 10.6 Å². The Morgan fingerprint density at radius 3 is 2.26 bits per heavy atom. The SMILES string of the molecule is Cc1cccc(C)c1NC(=O)CN(C)[C@@H](C)C(=O)Nc1cccc(Cl)c1Cl. The zero-order chi connectivity index (χ0) is 20.1. The fraction of sp³-hybridized carbons (Fsp3) is 0.300. The Labute approximate surface area is 169 Å². The van der Waals surface area contributed by atoms with Crippen molar-refractivity contribution in [1.29, 1.82) is 0 Å². The third-order valence-electron chi connectivity index (χ3n) is 4.39. The number of carbonyl (C=O) groups is 2. The van der Waals surface area contributed by atoms with Crippen LogP contribution >= 0.6 is 23.2 Å². The van der Waals surface area contributed by atoms with Gasteiger partial charge in [-0.15, -0.1) is 0 Å². The predicted octanol–water partition coefficient (Wildman–Crippen LogP) is 4.51. The second-order valence-corrected chi connectivity index (χ2v) is 7.28. The van der Waals surface area contributed by atoms with Gasteiger partial charge in [-0.1, -0.05) is 47.5 Å². The first-order chi connectivity index (χ1) is 12.7. The van der Waals surface area contributed by atoms with Gasteiger partial charge in [0, 0.05) is 5.69 Å². The molecule has 1 atom stereocenters. The Bertz CT molecular complexity index is 835. The Hall–Kier alpha value is -2.08. The van der Waals surface area contributed by atoms with Crippen molar-refractivity contribution < 1.29 is 9.59 Å². The van der Waals surface area contributed by atoms with Gasteiger partial charge in [-0.3, -0.25) is 14.5 Å². The number of benzene rings is 2. The van der Waals surface area contributed by atoms with E-state index in [0.29, 0.717) is 10.7 Å². The fourth-order valence-electron chi connectivity index (χ4n) is 2.59. The van der Waals surface area contributed by atoms with E-state index in [-0.39, 0.29) is 23.4 Å². The number of aryl methyl sites for hydroxylation is 2. The van der Waals surface area contributed by atoms with E-state index < -0.39 is 6.04 Å². The summed E-state index contributed by atoms with van der Waals surface area (Å²) < 4.78 is 0. The summed E-state index contributed by atoms with van der Waals surface area (Å²) >= 11 is 12.1. The summed E-state index contributed by atoms with van der Waals surface area (Å²) in [6, 6.07) is 10.3. The monoisotopic (exact) mass is 407 g/mol. The summed E-state index contributed by atoms with van der Waals surface area (Å²) in [4.78, 5) is 26.5. The summed E-state index contributed by atoms with van der Waals surface area (Å²) in [6.07, 6.45) is 0. The molecule has 2 N–H and O–H groups in total. The molecule has 5 nitrogen and oxygen atoms in total. The second kappa shape index (κ2) is 9.22. The summed E-state index contributed by atoms with van der Waals surface area (Å²) in [5, 5.41) is 6.31. The number of likely N-dealkylation sites (N-methyl/N-ethyl adjacent to an activating group) is 1. The average Bonchev–Trinajstić information content (AvgIpc) is 2.61. The number of hydrogen-bond acceptors (Lipinski definition) is 3. The zero-order valence-corrected chi connectivity index (χ0v) is 17.3. The number of rotatable bonds is 6. The van der Waals surface area contributed by atoms with E-state index in [4.69, 9.17) is 23.2 Å². The lowest BCUT2D eigenvalue weighted by molar-refractivity contribution is -0.122. The van der Waals surface area contributed by atoms with E-state index in [1.54, 1.807) is 37.1 Å². The van der Waals surface area contributed by atoms with Crippen LogP contribution in [0.3, 0.4) is 0 Å². The lowest BCUT2D eigenvalue weighted by Gasteiger charge is -2.24. The molecular weight excluding hydrogens is 385 g/mol. The van der Waals surface area contributed by atoms with Crippen LogP contribution in [0.2, 0.25) is 10.0 Å². The highest BCUT2D eigenvalue weighted by molar-refractivity contribution is 6.44. The zero-order valence-electron chi connectivity index (χ0n) is 15.8. The number of nitrogens with zero attached hydrogens (tertiary/aromatic N) is 1. The van der Waals surface area contributed by atoms with Gasteiger partial charge in [-0.25, -0.2) is 0 Å². The van der Waals surface area contributed by atoms with Crippen LogP contribution in [-0.2, 0) is 9.59 Å². The van der Waals surface area contributed by atoms with Crippen LogP contribution in [0.4, 0.5) is 11.4 Å². The lowest BCUT2D eigenvalue weighted by atomic mass is 10.1. The smallest absolute Gasteiger partial charge is 0.241 e. The van der Waals surface area contributed by atoms with E-state index in [1.807, 2.05) is 32.0 Å². The lowest BCUT2D eigenvalue weighted by Crippen LogP contribution is -2.43. The molecule has 0 spiro atoms. The molecule has 144 valence electrons. The van der Waals surface area contributed by atoms with Crippen molar-refractivity contribution in [2.24, 2.45) is 0 Å². The number of anilines is 2. The summed E-state index contributed by atoms with van der Waals surface area (Å²) in [7, 11) is 1.72. The third kappa shape index (κ3) is 5.45. The number of carbonyl (C=O) groups excluding carboxylic acids is 2. The molecule has 2 amide bonds. The molecule has 0 unspecified atom stereocenters. The van der Waals surface area contributed by atoms with Gasteiger partial charge >= 0.3 is 0 Å². The molecule has 7 heteroatoms. The molecule has 0 bridgehead atoms. The van der Waals surface area contributed by atoms with Gasteiger partial charge in [0.1, 0.15) is 0 Å². The standard InChI is InChI=1S/C20H23Cl2N3O2/c1-12-7-5-8-13(2)19(12)24-17(26)11-25(4)14(3)20(27)23-16-10-6-9-15(21)18(16)22/h5-10,14H,11H2,1-4H3,(H,23,27)(H,24,26)/t14-/m0/s1. The first-order valence-electron chi connectivity index (χ1n) is 8.52. The molecule has 0 aliphatic carbocycles. The quantitative estimate of drug-likeness (QED) is 0.740. The largest absolute Gasteiger partial charge is 0.324 e. The molecule has 2 aromatic carbocycles. The maximum atomic E-state index is 12.5. The normalized spacial score (nSPS) is 12.0.